The van der Waals surface area contributed by atoms with Gasteiger partial charge in [-0.25, -0.2) is 13.1 Å². The molecule has 1 unspecified atom stereocenters. The molecule has 1 saturated carbocycles. The Labute approximate surface area is 119 Å². The molecule has 1 aromatic carbocycles. The van der Waals surface area contributed by atoms with Gasteiger partial charge in [0, 0.05) is 17.6 Å². The molecule has 1 aliphatic carbocycles. The molecule has 0 bridgehead atoms. The van der Waals surface area contributed by atoms with Gasteiger partial charge in [0.2, 0.25) is 10.0 Å². The van der Waals surface area contributed by atoms with Gasteiger partial charge in [-0.05, 0) is 44.7 Å². The summed E-state index contributed by atoms with van der Waals surface area (Å²) in [5, 5.41) is 0. The van der Waals surface area contributed by atoms with Crippen molar-refractivity contribution in [1.82, 2.24) is 4.72 Å². The number of Topliss-reactive ketones (excluding diaryl/α,β-unsaturated/α-hetero) is 1. The molecule has 5 nitrogen and oxygen atoms in total. The highest BCUT2D eigenvalue weighted by Gasteiger charge is 2.43. The highest BCUT2D eigenvalue weighted by Crippen LogP contribution is 2.39. The minimum Gasteiger partial charge on any atom is -0.329 e. The van der Waals surface area contributed by atoms with E-state index in [-0.39, 0.29) is 17.2 Å². The number of nitrogens with two attached hydrogens (primary N) is 1. The molecule has 110 valence electrons. The summed E-state index contributed by atoms with van der Waals surface area (Å²) >= 11 is 0. The lowest BCUT2D eigenvalue weighted by molar-refractivity contribution is 0.101. The van der Waals surface area contributed by atoms with Crippen molar-refractivity contribution in [1.29, 1.82) is 0 Å². The van der Waals surface area contributed by atoms with Gasteiger partial charge in [-0.2, -0.15) is 0 Å². The molecule has 0 saturated heterocycles. The Bertz CT molecular complexity index is 623. The van der Waals surface area contributed by atoms with Crippen molar-refractivity contribution in [2.24, 2.45) is 11.7 Å². The number of sulfonamides is 1. The monoisotopic (exact) mass is 296 g/mol. The number of benzene rings is 1. The average Bonchev–Trinajstić information content (AvgIpc) is 3.23. The van der Waals surface area contributed by atoms with Crippen LogP contribution in [0, 0.1) is 5.92 Å². The lowest BCUT2D eigenvalue weighted by Crippen LogP contribution is -2.52. The summed E-state index contributed by atoms with van der Waals surface area (Å²) < 4.78 is 27.6. The van der Waals surface area contributed by atoms with Gasteiger partial charge in [0.25, 0.3) is 0 Å². The lowest BCUT2D eigenvalue weighted by Gasteiger charge is -2.29. The van der Waals surface area contributed by atoms with E-state index < -0.39 is 15.6 Å². The van der Waals surface area contributed by atoms with Crippen molar-refractivity contribution in [3.63, 3.8) is 0 Å². The molecule has 0 amide bonds. The Morgan fingerprint density at radius 1 is 1.45 bits per heavy atom. The molecular formula is C14H20N2O3S. The van der Waals surface area contributed by atoms with E-state index >= 15 is 0 Å². The van der Waals surface area contributed by atoms with Gasteiger partial charge in [-0.3, -0.25) is 4.79 Å². The number of carbonyl (C=O) groups excluding carboxylic acids is 1. The van der Waals surface area contributed by atoms with Crippen LogP contribution in [0.1, 0.15) is 37.0 Å². The maximum atomic E-state index is 12.4. The molecule has 3 N–H and O–H groups in total. The third-order valence-electron chi connectivity index (χ3n) is 3.82. The fourth-order valence-corrected chi connectivity index (χ4v) is 3.78. The first-order chi connectivity index (χ1) is 9.28. The van der Waals surface area contributed by atoms with Crippen LogP contribution in [0.25, 0.3) is 0 Å². The molecular weight excluding hydrogens is 276 g/mol. The molecule has 20 heavy (non-hydrogen) atoms. The van der Waals surface area contributed by atoms with Gasteiger partial charge in [0.1, 0.15) is 0 Å². The normalized spacial score (nSPS) is 18.6. The van der Waals surface area contributed by atoms with E-state index in [1.807, 2.05) is 6.92 Å². The van der Waals surface area contributed by atoms with E-state index in [4.69, 9.17) is 5.73 Å². The second-order valence-corrected chi connectivity index (χ2v) is 7.27. The van der Waals surface area contributed by atoms with Crippen molar-refractivity contribution in [2.75, 3.05) is 6.54 Å². The average molecular weight is 296 g/mol. The Morgan fingerprint density at radius 2 is 2.10 bits per heavy atom. The molecule has 1 atom stereocenters. The number of hydrogen-bond acceptors (Lipinski definition) is 4. The molecule has 1 aromatic rings. The van der Waals surface area contributed by atoms with Crippen LogP contribution < -0.4 is 10.5 Å². The van der Waals surface area contributed by atoms with Crippen molar-refractivity contribution in [3.8, 4) is 0 Å². The Hall–Kier alpha value is -1.24. The van der Waals surface area contributed by atoms with Crippen LogP contribution in [0.2, 0.25) is 0 Å². The number of hydrogen-bond donors (Lipinski definition) is 2. The quantitative estimate of drug-likeness (QED) is 0.774. The van der Waals surface area contributed by atoms with Gasteiger partial charge >= 0.3 is 0 Å². The zero-order valence-corrected chi connectivity index (χ0v) is 12.5. The largest absolute Gasteiger partial charge is 0.329 e. The highest BCUT2D eigenvalue weighted by atomic mass is 32.2. The predicted octanol–water partition coefficient (Wildman–Crippen LogP) is 1.29. The summed E-state index contributed by atoms with van der Waals surface area (Å²) in [6.45, 7) is 3.49. The fourth-order valence-electron chi connectivity index (χ4n) is 2.26. The summed E-state index contributed by atoms with van der Waals surface area (Å²) in [5.41, 5.74) is 5.49. The molecule has 0 aromatic heterocycles. The van der Waals surface area contributed by atoms with Crippen LogP contribution in [0.5, 0.6) is 0 Å². The summed E-state index contributed by atoms with van der Waals surface area (Å²) in [5.74, 6) is 0.129. The lowest BCUT2D eigenvalue weighted by atomic mass is 9.98. The first-order valence-electron chi connectivity index (χ1n) is 6.63. The standard InChI is InChI=1S/C14H20N2O3S/c1-10(17)11-4-3-5-13(8-11)20(18,19)16-14(2,9-15)12-6-7-12/h3-5,8,12,16H,6-7,9,15H2,1-2H3. The van der Waals surface area contributed by atoms with Gasteiger partial charge in [0.05, 0.1) is 4.90 Å². The minimum atomic E-state index is -3.67. The molecule has 1 aliphatic rings. The molecule has 6 heteroatoms. The van der Waals surface area contributed by atoms with Crippen LogP contribution in [0.4, 0.5) is 0 Å². The van der Waals surface area contributed by atoms with E-state index in [2.05, 4.69) is 4.72 Å². The molecule has 0 spiro atoms. The van der Waals surface area contributed by atoms with Gasteiger partial charge in [-0.1, -0.05) is 12.1 Å². The number of rotatable bonds is 6. The van der Waals surface area contributed by atoms with Gasteiger partial charge in [0.15, 0.2) is 5.78 Å². The van der Waals surface area contributed by atoms with Crippen LogP contribution in [-0.4, -0.2) is 26.3 Å². The third-order valence-corrected chi connectivity index (χ3v) is 5.43. The van der Waals surface area contributed by atoms with E-state index in [9.17, 15) is 13.2 Å². The zero-order valence-electron chi connectivity index (χ0n) is 11.7. The zero-order chi connectivity index (χ0) is 15.0. The van der Waals surface area contributed by atoms with Crippen LogP contribution in [0.15, 0.2) is 29.2 Å². The van der Waals surface area contributed by atoms with Crippen molar-refractivity contribution in [3.05, 3.63) is 29.8 Å². The van der Waals surface area contributed by atoms with E-state index in [1.165, 1.54) is 19.1 Å². The number of carbonyl (C=O) groups is 1. The Balaban J connectivity index is 2.30. The molecule has 0 aliphatic heterocycles. The van der Waals surface area contributed by atoms with Crippen LogP contribution in [-0.2, 0) is 10.0 Å². The molecule has 0 heterocycles. The summed E-state index contributed by atoms with van der Waals surface area (Å²) in [7, 11) is -3.67. The topological polar surface area (TPSA) is 89.3 Å². The minimum absolute atomic E-state index is 0.102. The van der Waals surface area contributed by atoms with Gasteiger partial charge in [-0.15, -0.1) is 0 Å². The third kappa shape index (κ3) is 3.08. The second kappa shape index (κ2) is 5.27. The molecule has 1 fully saturated rings. The van der Waals surface area contributed by atoms with Crippen LogP contribution >= 0.6 is 0 Å². The number of nitrogens with one attached hydrogen (secondary N) is 1. The summed E-state index contributed by atoms with van der Waals surface area (Å²) in [6.07, 6.45) is 1.98. The maximum Gasteiger partial charge on any atom is 0.241 e. The summed E-state index contributed by atoms with van der Waals surface area (Å²) in [6, 6.07) is 6.06. The number of ketones is 1. The first kappa shape index (κ1) is 15.2. The van der Waals surface area contributed by atoms with Crippen molar-refractivity contribution >= 4 is 15.8 Å². The highest BCUT2D eigenvalue weighted by molar-refractivity contribution is 7.89. The SMILES string of the molecule is CC(=O)c1cccc(S(=O)(=O)NC(C)(CN)C2CC2)c1. The van der Waals surface area contributed by atoms with E-state index in [0.717, 1.165) is 12.8 Å². The predicted molar refractivity (Wildman–Crippen MR) is 77.0 cm³/mol. The first-order valence-corrected chi connectivity index (χ1v) is 8.12. The van der Waals surface area contributed by atoms with Gasteiger partial charge < -0.3 is 5.73 Å². The summed E-state index contributed by atoms with van der Waals surface area (Å²) in [4.78, 5) is 11.5. The molecule has 2 rings (SSSR count). The van der Waals surface area contributed by atoms with E-state index in [0.29, 0.717) is 11.5 Å². The van der Waals surface area contributed by atoms with Crippen LogP contribution in [0.3, 0.4) is 0 Å². The maximum absolute atomic E-state index is 12.4. The molecule has 0 radical (unpaired) electrons. The smallest absolute Gasteiger partial charge is 0.241 e. The Morgan fingerprint density at radius 3 is 2.60 bits per heavy atom. The Kier molecular flexibility index (Phi) is 4.00. The van der Waals surface area contributed by atoms with Crippen molar-refractivity contribution in [2.45, 2.75) is 37.1 Å². The van der Waals surface area contributed by atoms with Crippen molar-refractivity contribution < 1.29 is 13.2 Å². The fraction of sp³-hybridized carbons (Fsp3) is 0.500. The second-order valence-electron chi connectivity index (χ2n) is 5.59. The van der Waals surface area contributed by atoms with E-state index in [1.54, 1.807) is 12.1 Å².